The molecule has 8 heteroatoms. The number of nitrogens with one attached hydrogen (secondary N) is 1. The van der Waals surface area contributed by atoms with E-state index in [0.717, 1.165) is 0 Å². The van der Waals surface area contributed by atoms with Gasteiger partial charge in [0.25, 0.3) is 0 Å². The van der Waals surface area contributed by atoms with Crippen LogP contribution in [0.3, 0.4) is 0 Å². The van der Waals surface area contributed by atoms with E-state index in [4.69, 9.17) is 5.84 Å². The van der Waals surface area contributed by atoms with Crippen molar-refractivity contribution in [2.24, 2.45) is 11.8 Å². The fourth-order valence-electron chi connectivity index (χ4n) is 2.18. The summed E-state index contributed by atoms with van der Waals surface area (Å²) in [7, 11) is -2.10. The molecule has 1 aromatic heterocycles. The first-order valence-electron chi connectivity index (χ1n) is 6.00. The largest absolute Gasteiger partial charge is 0.393 e. The third kappa shape index (κ3) is 2.86. The van der Waals surface area contributed by atoms with Crippen molar-refractivity contribution in [1.29, 1.82) is 0 Å². The second-order valence-electron chi connectivity index (χ2n) is 4.79. The monoisotopic (exact) mass is 286 g/mol. The maximum Gasteiger partial charge on any atom is 0.246 e. The lowest BCUT2D eigenvalue weighted by molar-refractivity contribution is 0.0367. The summed E-state index contributed by atoms with van der Waals surface area (Å²) in [4.78, 5) is 3.88. The predicted octanol–water partition coefficient (Wildman–Crippen LogP) is -0.241. The Morgan fingerprint density at radius 1 is 1.58 bits per heavy atom. The van der Waals surface area contributed by atoms with Gasteiger partial charge < -0.3 is 10.5 Å². The van der Waals surface area contributed by atoms with Crippen LogP contribution in [-0.2, 0) is 10.0 Å². The lowest BCUT2D eigenvalue weighted by Gasteiger charge is -2.34. The standard InChI is InChI=1S/C11H18N4O3S/c1-15(7-8-4-9(16)5-8)19(17,18)11-6-13-3-2-10(11)14-12/h2-3,6,8-9,16H,4-5,7,12H2,1H3,(H,13,14). The molecule has 4 N–H and O–H groups in total. The van der Waals surface area contributed by atoms with Gasteiger partial charge in [-0.05, 0) is 24.8 Å². The average Bonchev–Trinajstić information content (AvgIpc) is 2.36. The summed E-state index contributed by atoms with van der Waals surface area (Å²) < 4.78 is 26.1. The van der Waals surface area contributed by atoms with Crippen molar-refractivity contribution in [3.8, 4) is 0 Å². The van der Waals surface area contributed by atoms with E-state index in [1.807, 2.05) is 0 Å². The molecule has 1 fully saturated rings. The van der Waals surface area contributed by atoms with Gasteiger partial charge >= 0.3 is 0 Å². The summed E-state index contributed by atoms with van der Waals surface area (Å²) in [6.45, 7) is 0.387. The molecule has 0 radical (unpaired) electrons. The van der Waals surface area contributed by atoms with Gasteiger partial charge in [0.15, 0.2) is 0 Å². The van der Waals surface area contributed by atoms with E-state index in [1.165, 1.54) is 29.8 Å². The van der Waals surface area contributed by atoms with E-state index in [0.29, 0.717) is 25.1 Å². The second-order valence-corrected chi connectivity index (χ2v) is 6.81. The van der Waals surface area contributed by atoms with E-state index in [9.17, 15) is 13.5 Å². The highest BCUT2D eigenvalue weighted by Gasteiger charge is 2.32. The number of nitrogens with zero attached hydrogens (tertiary/aromatic N) is 2. The highest BCUT2D eigenvalue weighted by Crippen LogP contribution is 2.30. The Morgan fingerprint density at radius 3 is 2.84 bits per heavy atom. The number of nitrogens with two attached hydrogens (primary N) is 1. The van der Waals surface area contributed by atoms with Crippen molar-refractivity contribution in [3.63, 3.8) is 0 Å². The maximum atomic E-state index is 12.4. The number of aliphatic hydroxyl groups is 1. The minimum Gasteiger partial charge on any atom is -0.393 e. The number of anilines is 1. The van der Waals surface area contributed by atoms with Gasteiger partial charge in [0.05, 0.1) is 11.8 Å². The Hall–Kier alpha value is -1.22. The molecule has 1 heterocycles. The average molecular weight is 286 g/mol. The topological polar surface area (TPSA) is 109 Å². The van der Waals surface area contributed by atoms with Crippen LogP contribution in [0.2, 0.25) is 0 Å². The van der Waals surface area contributed by atoms with Crippen LogP contribution in [0, 0.1) is 5.92 Å². The molecule has 0 bridgehead atoms. The quantitative estimate of drug-likeness (QED) is 0.509. The molecule has 1 aromatic rings. The summed E-state index contributed by atoms with van der Waals surface area (Å²) in [5, 5.41) is 9.23. The highest BCUT2D eigenvalue weighted by molar-refractivity contribution is 7.89. The van der Waals surface area contributed by atoms with Crippen molar-refractivity contribution in [3.05, 3.63) is 18.5 Å². The summed E-state index contributed by atoms with van der Waals surface area (Å²) in [5.74, 6) is 5.52. The number of aromatic nitrogens is 1. The molecule has 0 spiro atoms. The van der Waals surface area contributed by atoms with Crippen LogP contribution in [0.4, 0.5) is 5.69 Å². The molecule has 0 unspecified atom stereocenters. The van der Waals surface area contributed by atoms with Gasteiger partial charge in [-0.1, -0.05) is 0 Å². The number of sulfonamides is 1. The first kappa shape index (κ1) is 14.2. The molecule has 0 atom stereocenters. The first-order chi connectivity index (χ1) is 8.95. The summed E-state index contributed by atoms with van der Waals surface area (Å²) in [6.07, 6.45) is 3.75. The van der Waals surface area contributed by atoms with Crippen molar-refractivity contribution in [1.82, 2.24) is 9.29 Å². The minimum atomic E-state index is -3.62. The van der Waals surface area contributed by atoms with Gasteiger partial charge in [-0.25, -0.2) is 12.7 Å². The molecule has 7 nitrogen and oxygen atoms in total. The second kappa shape index (κ2) is 5.41. The Balaban J connectivity index is 2.16. The molecule has 1 saturated carbocycles. The third-order valence-electron chi connectivity index (χ3n) is 3.35. The SMILES string of the molecule is CN(CC1CC(O)C1)S(=O)(=O)c1cnccc1NN. The van der Waals surface area contributed by atoms with E-state index in [1.54, 1.807) is 0 Å². The lowest BCUT2D eigenvalue weighted by Crippen LogP contribution is -2.39. The van der Waals surface area contributed by atoms with Gasteiger partial charge in [0.2, 0.25) is 10.0 Å². The molecular weight excluding hydrogens is 268 g/mol. The van der Waals surface area contributed by atoms with Crippen molar-refractivity contribution in [2.75, 3.05) is 19.0 Å². The number of pyridine rings is 1. The number of hydrogen-bond acceptors (Lipinski definition) is 6. The van der Waals surface area contributed by atoms with Gasteiger partial charge in [-0.2, -0.15) is 0 Å². The molecule has 106 valence electrons. The van der Waals surface area contributed by atoms with Crippen LogP contribution in [0.15, 0.2) is 23.4 Å². The van der Waals surface area contributed by atoms with Crippen LogP contribution in [-0.4, -0.2) is 42.5 Å². The fraction of sp³-hybridized carbons (Fsp3) is 0.545. The van der Waals surface area contributed by atoms with Gasteiger partial charge in [-0.3, -0.25) is 10.8 Å². The normalized spacial score (nSPS) is 23.2. The predicted molar refractivity (Wildman–Crippen MR) is 70.6 cm³/mol. The Bertz CT molecular complexity index is 543. The zero-order chi connectivity index (χ0) is 14.0. The van der Waals surface area contributed by atoms with E-state index >= 15 is 0 Å². The smallest absolute Gasteiger partial charge is 0.246 e. The van der Waals surface area contributed by atoms with Gasteiger partial charge in [0, 0.05) is 26.0 Å². The van der Waals surface area contributed by atoms with Crippen LogP contribution in [0.1, 0.15) is 12.8 Å². The number of hydrogen-bond donors (Lipinski definition) is 3. The summed E-state index contributed by atoms with van der Waals surface area (Å²) in [6, 6.07) is 1.51. The first-order valence-corrected chi connectivity index (χ1v) is 7.44. The highest BCUT2D eigenvalue weighted by atomic mass is 32.2. The number of aliphatic hydroxyl groups excluding tert-OH is 1. The molecule has 1 aliphatic carbocycles. The van der Waals surface area contributed by atoms with Crippen molar-refractivity contribution >= 4 is 15.7 Å². The number of hydrazine groups is 1. The zero-order valence-electron chi connectivity index (χ0n) is 10.7. The Morgan fingerprint density at radius 2 is 2.26 bits per heavy atom. The van der Waals surface area contributed by atoms with Gasteiger partial charge in [-0.15, -0.1) is 0 Å². The van der Waals surface area contributed by atoms with E-state index in [2.05, 4.69) is 10.4 Å². The minimum absolute atomic E-state index is 0.0554. The van der Waals surface area contributed by atoms with E-state index < -0.39 is 10.0 Å². The Labute approximate surface area is 112 Å². The van der Waals surface area contributed by atoms with Crippen LogP contribution in [0.25, 0.3) is 0 Å². The van der Waals surface area contributed by atoms with Crippen LogP contribution < -0.4 is 11.3 Å². The molecule has 0 aromatic carbocycles. The molecule has 0 amide bonds. The summed E-state index contributed by atoms with van der Waals surface area (Å²) in [5.41, 5.74) is 2.67. The molecule has 1 aliphatic rings. The molecule has 2 rings (SSSR count). The van der Waals surface area contributed by atoms with Crippen molar-refractivity contribution < 1.29 is 13.5 Å². The fourth-order valence-corrected chi connectivity index (χ4v) is 3.53. The molecular formula is C11H18N4O3S. The lowest BCUT2D eigenvalue weighted by atomic mass is 9.82. The Kier molecular flexibility index (Phi) is 4.04. The van der Waals surface area contributed by atoms with Crippen LogP contribution >= 0.6 is 0 Å². The van der Waals surface area contributed by atoms with Crippen molar-refractivity contribution in [2.45, 2.75) is 23.8 Å². The van der Waals surface area contributed by atoms with Crippen LogP contribution in [0.5, 0.6) is 0 Å². The zero-order valence-corrected chi connectivity index (χ0v) is 11.5. The number of rotatable bonds is 5. The number of nitrogen functional groups attached to an aromatic ring is 1. The third-order valence-corrected chi connectivity index (χ3v) is 5.21. The van der Waals surface area contributed by atoms with Gasteiger partial charge in [0.1, 0.15) is 4.90 Å². The maximum absolute atomic E-state index is 12.4. The summed E-state index contributed by atoms with van der Waals surface area (Å²) >= 11 is 0. The molecule has 19 heavy (non-hydrogen) atoms. The molecule has 0 aliphatic heterocycles. The molecule has 0 saturated heterocycles. The van der Waals surface area contributed by atoms with E-state index in [-0.39, 0.29) is 16.9 Å².